The van der Waals surface area contributed by atoms with Crippen LogP contribution >= 0.6 is 0 Å². The molecule has 4 heteroatoms. The Morgan fingerprint density at radius 1 is 0.867 bits per heavy atom. The lowest BCUT2D eigenvalue weighted by atomic mass is 10.0. The molecule has 4 rings (SSSR count). The number of carbonyl (C=O) groups excluding carboxylic acids is 1. The van der Waals surface area contributed by atoms with Gasteiger partial charge in [-0.2, -0.15) is 0 Å². The van der Waals surface area contributed by atoms with E-state index in [4.69, 9.17) is 4.98 Å². The van der Waals surface area contributed by atoms with Crippen molar-refractivity contribution in [2.45, 2.75) is 41.0 Å². The van der Waals surface area contributed by atoms with E-state index in [1.807, 2.05) is 47.9 Å². The van der Waals surface area contributed by atoms with Crippen LogP contribution in [0.3, 0.4) is 0 Å². The molecule has 0 radical (unpaired) electrons. The zero-order valence-electron chi connectivity index (χ0n) is 18.2. The van der Waals surface area contributed by atoms with Crippen LogP contribution in [0, 0.1) is 34.6 Å². The van der Waals surface area contributed by atoms with Crippen molar-refractivity contribution in [2.75, 3.05) is 5.32 Å². The highest BCUT2D eigenvalue weighted by atomic mass is 16.1. The van der Waals surface area contributed by atoms with Crippen LogP contribution in [0.1, 0.15) is 33.5 Å². The molecule has 0 unspecified atom stereocenters. The summed E-state index contributed by atoms with van der Waals surface area (Å²) in [5.41, 5.74) is 10.4. The van der Waals surface area contributed by atoms with Crippen molar-refractivity contribution < 1.29 is 4.79 Å². The summed E-state index contributed by atoms with van der Waals surface area (Å²) in [5, 5.41) is 3.05. The summed E-state index contributed by atoms with van der Waals surface area (Å²) in [7, 11) is 0. The van der Waals surface area contributed by atoms with Gasteiger partial charge in [0, 0.05) is 17.4 Å². The number of hydrogen-bond donors (Lipinski definition) is 1. The van der Waals surface area contributed by atoms with Crippen LogP contribution in [0.2, 0.25) is 0 Å². The predicted octanol–water partition coefficient (Wildman–Crippen LogP) is 5.72. The van der Waals surface area contributed by atoms with Gasteiger partial charge in [-0.25, -0.2) is 4.98 Å². The Hall–Kier alpha value is -3.40. The van der Waals surface area contributed by atoms with Crippen molar-refractivity contribution in [1.29, 1.82) is 0 Å². The second-order valence-electron chi connectivity index (χ2n) is 8.11. The van der Waals surface area contributed by atoms with Crippen LogP contribution in [0.15, 0.2) is 54.7 Å². The Morgan fingerprint density at radius 2 is 1.57 bits per heavy atom. The molecule has 0 aliphatic carbocycles. The maximum absolute atomic E-state index is 13.0. The summed E-state index contributed by atoms with van der Waals surface area (Å²) >= 11 is 0. The van der Waals surface area contributed by atoms with E-state index in [1.165, 1.54) is 16.7 Å². The smallest absolute Gasteiger partial charge is 0.230 e. The van der Waals surface area contributed by atoms with Crippen LogP contribution < -0.4 is 5.32 Å². The first-order chi connectivity index (χ1) is 14.3. The van der Waals surface area contributed by atoms with Gasteiger partial charge in [0.05, 0.1) is 17.8 Å². The molecule has 0 aliphatic rings. The van der Waals surface area contributed by atoms with E-state index in [2.05, 4.69) is 51.2 Å². The van der Waals surface area contributed by atoms with E-state index >= 15 is 0 Å². The number of anilines is 1. The highest BCUT2D eigenvalue weighted by Gasteiger charge is 2.18. The van der Waals surface area contributed by atoms with Crippen molar-refractivity contribution in [3.05, 3.63) is 88.2 Å². The number of nitrogens with zero attached hydrogens (tertiary/aromatic N) is 2. The van der Waals surface area contributed by atoms with Gasteiger partial charge in [-0.3, -0.25) is 4.79 Å². The molecule has 0 atom stereocenters. The molecule has 1 amide bonds. The SMILES string of the molecule is Cc1ccc(NC(=O)Cc2c(-c3ccc(C)c(C)c3)nc3c(C)cccn23)cc1C. The van der Waals surface area contributed by atoms with Crippen LogP contribution in [0.25, 0.3) is 16.9 Å². The minimum absolute atomic E-state index is 0.0494. The van der Waals surface area contributed by atoms with Gasteiger partial charge < -0.3 is 9.72 Å². The van der Waals surface area contributed by atoms with Gasteiger partial charge in [0.2, 0.25) is 5.91 Å². The van der Waals surface area contributed by atoms with Crippen LogP contribution in [0.5, 0.6) is 0 Å². The summed E-state index contributed by atoms with van der Waals surface area (Å²) in [6, 6.07) is 16.4. The van der Waals surface area contributed by atoms with Crippen molar-refractivity contribution in [2.24, 2.45) is 0 Å². The monoisotopic (exact) mass is 397 g/mol. The van der Waals surface area contributed by atoms with Crippen molar-refractivity contribution in [3.8, 4) is 11.3 Å². The number of aromatic nitrogens is 2. The number of amides is 1. The number of imidazole rings is 1. The first-order valence-electron chi connectivity index (χ1n) is 10.2. The summed E-state index contributed by atoms with van der Waals surface area (Å²) in [5.74, 6) is -0.0494. The fraction of sp³-hybridized carbons (Fsp3) is 0.231. The molecule has 2 aromatic heterocycles. The molecule has 152 valence electrons. The van der Waals surface area contributed by atoms with Crippen LogP contribution in [-0.4, -0.2) is 15.3 Å². The van der Waals surface area contributed by atoms with E-state index in [0.29, 0.717) is 0 Å². The fourth-order valence-corrected chi connectivity index (χ4v) is 3.72. The Bertz CT molecular complexity index is 1270. The molecule has 2 aromatic carbocycles. The highest BCUT2D eigenvalue weighted by Crippen LogP contribution is 2.28. The molecule has 30 heavy (non-hydrogen) atoms. The minimum atomic E-state index is -0.0494. The Kier molecular flexibility index (Phi) is 5.17. The Balaban J connectivity index is 1.74. The second kappa shape index (κ2) is 7.79. The molecule has 0 spiro atoms. The maximum atomic E-state index is 13.0. The van der Waals surface area contributed by atoms with Gasteiger partial charge in [0.15, 0.2) is 0 Å². The summed E-state index contributed by atoms with van der Waals surface area (Å²) in [6.45, 7) is 10.4. The Morgan fingerprint density at radius 3 is 2.27 bits per heavy atom. The van der Waals surface area contributed by atoms with Crippen LogP contribution in [0.4, 0.5) is 5.69 Å². The maximum Gasteiger partial charge on any atom is 0.230 e. The van der Waals surface area contributed by atoms with Crippen molar-refractivity contribution in [3.63, 3.8) is 0 Å². The van der Waals surface area contributed by atoms with Crippen molar-refractivity contribution >= 4 is 17.2 Å². The van der Waals surface area contributed by atoms with Gasteiger partial charge in [-0.15, -0.1) is 0 Å². The Labute approximate surface area is 177 Å². The number of fused-ring (bicyclic) bond motifs is 1. The molecule has 4 aromatic rings. The zero-order chi connectivity index (χ0) is 21.4. The second-order valence-corrected chi connectivity index (χ2v) is 8.11. The average Bonchev–Trinajstić information content (AvgIpc) is 3.07. The quantitative estimate of drug-likeness (QED) is 0.478. The van der Waals surface area contributed by atoms with Gasteiger partial charge in [-0.05, 0) is 86.7 Å². The molecule has 0 saturated heterocycles. The standard InChI is InChI=1S/C26H27N3O/c1-16-8-10-21(13-19(16)4)25-23(29-12-6-7-18(3)26(29)28-25)15-24(30)27-22-11-9-17(2)20(5)14-22/h6-14H,15H2,1-5H3,(H,27,30). The molecule has 1 N–H and O–H groups in total. The molecule has 2 heterocycles. The summed E-state index contributed by atoms with van der Waals surface area (Å²) in [6.07, 6.45) is 2.23. The van der Waals surface area contributed by atoms with Gasteiger partial charge in [0.25, 0.3) is 0 Å². The average molecular weight is 398 g/mol. The molecule has 4 nitrogen and oxygen atoms in total. The van der Waals surface area contributed by atoms with Gasteiger partial charge in [-0.1, -0.05) is 24.3 Å². The van der Waals surface area contributed by atoms with E-state index < -0.39 is 0 Å². The number of carbonyl (C=O) groups is 1. The van der Waals surface area contributed by atoms with Crippen LogP contribution in [-0.2, 0) is 11.2 Å². The van der Waals surface area contributed by atoms with Gasteiger partial charge in [0.1, 0.15) is 5.65 Å². The third kappa shape index (κ3) is 3.73. The first kappa shape index (κ1) is 19.9. The third-order valence-electron chi connectivity index (χ3n) is 5.84. The van der Waals surface area contributed by atoms with E-state index in [-0.39, 0.29) is 12.3 Å². The van der Waals surface area contributed by atoms with E-state index in [1.54, 1.807) is 0 Å². The normalized spacial score (nSPS) is 11.1. The molecular weight excluding hydrogens is 370 g/mol. The highest BCUT2D eigenvalue weighted by molar-refractivity contribution is 5.93. The number of hydrogen-bond acceptors (Lipinski definition) is 2. The lowest BCUT2D eigenvalue weighted by Gasteiger charge is -2.10. The van der Waals surface area contributed by atoms with E-state index in [0.717, 1.165) is 39.4 Å². The largest absolute Gasteiger partial charge is 0.326 e. The molecular formula is C26H27N3O. The third-order valence-corrected chi connectivity index (χ3v) is 5.84. The van der Waals surface area contributed by atoms with Crippen molar-refractivity contribution in [1.82, 2.24) is 9.38 Å². The lowest BCUT2D eigenvalue weighted by molar-refractivity contribution is -0.115. The summed E-state index contributed by atoms with van der Waals surface area (Å²) in [4.78, 5) is 17.9. The first-order valence-corrected chi connectivity index (χ1v) is 10.2. The van der Waals surface area contributed by atoms with E-state index in [9.17, 15) is 4.79 Å². The number of benzene rings is 2. The minimum Gasteiger partial charge on any atom is -0.326 e. The topological polar surface area (TPSA) is 46.4 Å². The number of pyridine rings is 1. The number of aryl methyl sites for hydroxylation is 5. The van der Waals surface area contributed by atoms with Gasteiger partial charge >= 0.3 is 0 Å². The fourth-order valence-electron chi connectivity index (χ4n) is 3.72. The molecule has 0 bridgehead atoms. The molecule has 0 aliphatic heterocycles. The summed E-state index contributed by atoms with van der Waals surface area (Å²) < 4.78 is 2.04. The molecule has 0 saturated carbocycles. The number of rotatable bonds is 4. The predicted molar refractivity (Wildman–Crippen MR) is 123 cm³/mol. The molecule has 0 fully saturated rings. The lowest BCUT2D eigenvalue weighted by Crippen LogP contribution is -2.16. The number of nitrogens with one attached hydrogen (secondary N) is 1. The zero-order valence-corrected chi connectivity index (χ0v) is 18.2.